The fourth-order valence-electron chi connectivity index (χ4n) is 3.26. The number of hydrogen-bond donors (Lipinski definition) is 3. The minimum absolute atomic E-state index is 0.0531. The molecule has 0 spiro atoms. The van der Waals surface area contributed by atoms with Gasteiger partial charge >= 0.3 is 24.2 Å². The smallest absolute Gasteiger partial charge is 0.467 e. The Kier molecular flexibility index (Phi) is 14.9. The first-order valence-corrected chi connectivity index (χ1v) is 13.3. The lowest BCUT2D eigenvalue weighted by Gasteiger charge is -2.23. The Labute approximate surface area is 240 Å². The van der Waals surface area contributed by atoms with Gasteiger partial charge in [0.05, 0.1) is 13.7 Å². The predicted octanol–water partition coefficient (Wildman–Crippen LogP) is 2.40. The van der Waals surface area contributed by atoms with Crippen LogP contribution in [0.4, 0.5) is 9.59 Å². The lowest BCUT2D eigenvalue weighted by Crippen LogP contribution is -2.50. The summed E-state index contributed by atoms with van der Waals surface area (Å²) in [6, 6.07) is 6.88. The maximum absolute atomic E-state index is 12.9. The van der Waals surface area contributed by atoms with Gasteiger partial charge in [-0.1, -0.05) is 44.2 Å². The molecule has 0 unspecified atom stereocenters. The molecule has 1 aromatic carbocycles. The number of ether oxygens (including phenoxy) is 4. The van der Waals surface area contributed by atoms with Gasteiger partial charge < -0.3 is 34.9 Å². The van der Waals surface area contributed by atoms with E-state index in [-0.39, 0.29) is 44.8 Å². The molecule has 0 radical (unpaired) electrons. The molecule has 0 heterocycles. The van der Waals surface area contributed by atoms with E-state index in [4.69, 9.17) is 9.47 Å². The molecule has 0 aromatic heterocycles. The number of methoxy groups -OCH3 is 1. The van der Waals surface area contributed by atoms with Crippen molar-refractivity contribution in [2.75, 3.05) is 20.3 Å². The van der Waals surface area contributed by atoms with Crippen molar-refractivity contribution in [3.05, 3.63) is 35.9 Å². The van der Waals surface area contributed by atoms with Crippen molar-refractivity contribution >= 4 is 36.0 Å². The Morgan fingerprint density at radius 2 is 1.56 bits per heavy atom. The second-order valence-corrected chi connectivity index (χ2v) is 10.5. The number of nitrogens with one attached hydrogen (secondary N) is 3. The van der Waals surface area contributed by atoms with Gasteiger partial charge in [-0.3, -0.25) is 14.4 Å². The van der Waals surface area contributed by atoms with Gasteiger partial charge in [-0.25, -0.2) is 14.4 Å². The van der Waals surface area contributed by atoms with E-state index >= 15 is 0 Å². The first-order chi connectivity index (χ1) is 19.2. The van der Waals surface area contributed by atoms with E-state index in [1.807, 2.05) is 32.0 Å². The van der Waals surface area contributed by atoms with E-state index in [1.54, 1.807) is 32.9 Å². The molecule has 0 saturated heterocycles. The molecule has 3 amide bonds. The molecule has 0 fully saturated rings. The van der Waals surface area contributed by atoms with E-state index in [0.717, 1.165) is 12.7 Å². The van der Waals surface area contributed by atoms with Crippen LogP contribution in [0.2, 0.25) is 0 Å². The predicted molar refractivity (Wildman–Crippen MR) is 146 cm³/mol. The number of esters is 2. The Morgan fingerprint density at radius 3 is 2.15 bits per heavy atom. The maximum atomic E-state index is 12.9. The third kappa shape index (κ3) is 15.9. The zero-order valence-electron chi connectivity index (χ0n) is 24.4. The normalized spacial score (nSPS) is 12.4. The number of alkyl carbamates (subject to hydrolysis) is 1. The van der Waals surface area contributed by atoms with Gasteiger partial charge in [-0.05, 0) is 38.7 Å². The van der Waals surface area contributed by atoms with E-state index in [1.165, 1.54) is 0 Å². The molecular weight excluding hydrogens is 538 g/mol. The molecule has 1 rings (SSSR count). The summed E-state index contributed by atoms with van der Waals surface area (Å²) in [6.45, 7) is 8.69. The van der Waals surface area contributed by atoms with Gasteiger partial charge in [0.15, 0.2) is 0 Å². The van der Waals surface area contributed by atoms with E-state index < -0.39 is 53.7 Å². The van der Waals surface area contributed by atoms with Crippen molar-refractivity contribution in [2.24, 2.45) is 5.92 Å². The molecule has 0 aliphatic carbocycles. The third-order valence-electron chi connectivity index (χ3n) is 5.13. The summed E-state index contributed by atoms with van der Waals surface area (Å²) in [5.41, 5.74) is 0.0361. The van der Waals surface area contributed by atoms with Crippen LogP contribution in [-0.2, 0) is 44.5 Å². The molecule has 0 aliphatic heterocycles. The van der Waals surface area contributed by atoms with Crippen LogP contribution in [0.3, 0.4) is 0 Å². The van der Waals surface area contributed by atoms with Crippen molar-refractivity contribution in [3.8, 4) is 0 Å². The third-order valence-corrected chi connectivity index (χ3v) is 5.13. The highest BCUT2D eigenvalue weighted by molar-refractivity contribution is 5.88. The van der Waals surface area contributed by atoms with Crippen LogP contribution >= 0.6 is 0 Å². The van der Waals surface area contributed by atoms with E-state index in [0.29, 0.717) is 0 Å². The van der Waals surface area contributed by atoms with Crippen LogP contribution in [-0.4, -0.2) is 73.9 Å². The lowest BCUT2D eigenvalue weighted by molar-refractivity contribution is -0.146. The molecule has 0 aliphatic rings. The molecule has 41 heavy (non-hydrogen) atoms. The molecule has 13 nitrogen and oxygen atoms in total. The number of amides is 3. The molecular formula is C28H41N3O10. The van der Waals surface area contributed by atoms with Crippen LogP contribution in [0, 0.1) is 5.92 Å². The monoisotopic (exact) mass is 579 g/mol. The van der Waals surface area contributed by atoms with Gasteiger partial charge in [0.25, 0.3) is 0 Å². The Morgan fingerprint density at radius 1 is 0.902 bits per heavy atom. The van der Waals surface area contributed by atoms with Crippen molar-refractivity contribution in [1.29, 1.82) is 0 Å². The zero-order valence-corrected chi connectivity index (χ0v) is 24.4. The number of carbonyl (C=O) groups excluding carboxylic acids is 6. The van der Waals surface area contributed by atoms with Crippen LogP contribution in [0.5, 0.6) is 0 Å². The SMILES string of the molecule is COC(=O)[C@@H](CCC(=O)OC(=O)OCC(C)C)NC(=O)CCNC(=O)[C@H](Cc1ccccc1)NC(=O)OC(C)(C)C. The van der Waals surface area contributed by atoms with Crippen molar-refractivity contribution in [2.45, 2.75) is 78.0 Å². The summed E-state index contributed by atoms with van der Waals surface area (Å²) in [5.74, 6) is -2.83. The summed E-state index contributed by atoms with van der Waals surface area (Å²) in [4.78, 5) is 73.2. The minimum atomic E-state index is -1.19. The summed E-state index contributed by atoms with van der Waals surface area (Å²) in [6.07, 6.45) is -2.51. The number of rotatable bonds is 14. The summed E-state index contributed by atoms with van der Waals surface area (Å²) >= 11 is 0. The number of hydrogen-bond acceptors (Lipinski definition) is 10. The van der Waals surface area contributed by atoms with Gasteiger partial charge in [0.1, 0.15) is 17.7 Å². The molecule has 0 bridgehead atoms. The van der Waals surface area contributed by atoms with E-state index in [2.05, 4.69) is 25.4 Å². The Balaban J connectivity index is 2.65. The second kappa shape index (κ2) is 17.5. The summed E-state index contributed by atoms with van der Waals surface area (Å²) < 4.78 is 19.2. The van der Waals surface area contributed by atoms with Crippen molar-refractivity contribution < 1.29 is 47.7 Å². The van der Waals surface area contributed by atoms with Crippen molar-refractivity contribution in [1.82, 2.24) is 16.0 Å². The highest BCUT2D eigenvalue weighted by atomic mass is 16.7. The van der Waals surface area contributed by atoms with E-state index in [9.17, 15) is 28.8 Å². The highest BCUT2D eigenvalue weighted by Gasteiger charge is 2.26. The molecule has 1 aromatic rings. The fourth-order valence-corrected chi connectivity index (χ4v) is 3.26. The molecule has 2 atom stereocenters. The fraction of sp³-hybridized carbons (Fsp3) is 0.571. The largest absolute Gasteiger partial charge is 0.516 e. The number of benzene rings is 1. The molecule has 0 saturated carbocycles. The van der Waals surface area contributed by atoms with Gasteiger partial charge in [0.2, 0.25) is 11.8 Å². The summed E-state index contributed by atoms with van der Waals surface area (Å²) in [7, 11) is 1.12. The molecule has 228 valence electrons. The second-order valence-electron chi connectivity index (χ2n) is 10.5. The van der Waals surface area contributed by atoms with Crippen LogP contribution in [0.1, 0.15) is 59.4 Å². The summed E-state index contributed by atoms with van der Waals surface area (Å²) in [5, 5.41) is 7.59. The molecule has 3 N–H and O–H groups in total. The van der Waals surface area contributed by atoms with Gasteiger partial charge in [-0.15, -0.1) is 0 Å². The number of carbonyl (C=O) groups is 6. The lowest BCUT2D eigenvalue weighted by atomic mass is 10.1. The first-order valence-electron chi connectivity index (χ1n) is 13.3. The highest BCUT2D eigenvalue weighted by Crippen LogP contribution is 2.09. The van der Waals surface area contributed by atoms with Crippen LogP contribution < -0.4 is 16.0 Å². The topological polar surface area (TPSA) is 175 Å². The van der Waals surface area contributed by atoms with Crippen molar-refractivity contribution in [3.63, 3.8) is 0 Å². The van der Waals surface area contributed by atoms with Crippen LogP contribution in [0.25, 0.3) is 0 Å². The quantitative estimate of drug-likeness (QED) is 0.169. The average Bonchev–Trinajstić information content (AvgIpc) is 2.88. The Hall–Kier alpha value is -4.16. The first kappa shape index (κ1) is 34.9. The van der Waals surface area contributed by atoms with Gasteiger partial charge in [-0.2, -0.15) is 0 Å². The van der Waals surface area contributed by atoms with Gasteiger partial charge in [0, 0.05) is 25.8 Å². The molecule has 13 heteroatoms. The Bertz CT molecular complexity index is 1040. The standard InChI is InChI=1S/C28H41N3O10/c1-18(2)17-39-27(37)40-23(33)13-12-20(25(35)38-6)30-22(32)14-15-29-24(34)21(16-19-10-8-7-9-11-19)31-26(36)41-28(3,4)5/h7-11,18,20-21H,12-17H2,1-6H3,(H,29,34)(H,30,32)(H,31,36)/t20-,21+/m1/s1. The van der Waals surface area contributed by atoms with Crippen LogP contribution in [0.15, 0.2) is 30.3 Å². The minimum Gasteiger partial charge on any atom is -0.467 e. The maximum Gasteiger partial charge on any atom is 0.516 e. The zero-order chi connectivity index (χ0) is 31.0. The average molecular weight is 580 g/mol.